The number of likely N-dealkylation sites (N-methyl/N-ethyl adjacent to an activating group) is 1. The number of hydrogen-bond donors (Lipinski definition) is 0. The van der Waals surface area contributed by atoms with Gasteiger partial charge < -0.3 is 9.47 Å². The molecule has 1 amide bonds. The minimum atomic E-state index is -0.441. The lowest BCUT2D eigenvalue weighted by atomic mass is 10.1. The maximum atomic E-state index is 12.8. The Balaban J connectivity index is 1.49. The van der Waals surface area contributed by atoms with Crippen molar-refractivity contribution < 1.29 is 19.2 Å². The van der Waals surface area contributed by atoms with Gasteiger partial charge in [-0.05, 0) is 72.3 Å². The molecule has 0 aliphatic carbocycles. The zero-order chi connectivity index (χ0) is 24.9. The summed E-state index contributed by atoms with van der Waals surface area (Å²) in [6.07, 6.45) is 1.80. The molecule has 3 aromatic carbocycles. The van der Waals surface area contributed by atoms with Gasteiger partial charge in [0.25, 0.3) is 11.6 Å². The first-order valence-corrected chi connectivity index (χ1v) is 11.5. The summed E-state index contributed by atoms with van der Waals surface area (Å²) in [6, 6.07) is 19.4. The minimum absolute atomic E-state index is 0.0285. The molecule has 0 spiro atoms. The number of thioether (sulfide) groups is 1. The summed E-state index contributed by atoms with van der Waals surface area (Å²) >= 11 is 1.32. The Bertz CT molecular complexity index is 1320. The lowest BCUT2D eigenvalue weighted by Gasteiger charge is -2.11. The molecular weight excluding hydrogens is 466 g/mol. The number of carbonyl (C=O) groups is 1. The zero-order valence-corrected chi connectivity index (χ0v) is 20.2. The third-order valence-corrected chi connectivity index (χ3v) is 6.35. The van der Waals surface area contributed by atoms with E-state index < -0.39 is 4.92 Å². The molecule has 9 heteroatoms. The van der Waals surface area contributed by atoms with Crippen LogP contribution in [0, 0.1) is 17.0 Å². The molecule has 1 fully saturated rings. The molecule has 35 heavy (non-hydrogen) atoms. The second-order valence-electron chi connectivity index (χ2n) is 7.83. The molecule has 1 aliphatic heterocycles. The summed E-state index contributed by atoms with van der Waals surface area (Å²) in [5, 5.41) is 11.4. The highest BCUT2D eigenvalue weighted by atomic mass is 32.2. The highest BCUT2D eigenvalue weighted by Crippen LogP contribution is 2.35. The average molecular weight is 490 g/mol. The number of amides is 1. The smallest absolute Gasteiger partial charge is 0.269 e. The third-order valence-electron chi connectivity index (χ3n) is 5.29. The van der Waals surface area contributed by atoms with Gasteiger partial charge in [0.1, 0.15) is 6.61 Å². The minimum Gasteiger partial charge on any atom is -0.493 e. The molecule has 0 bridgehead atoms. The van der Waals surface area contributed by atoms with Crippen LogP contribution in [0.15, 0.2) is 76.6 Å². The SMILES string of the molecule is COc1cc(/C=C2/SC(=Nc3ccc(C)cc3)N(C)C2=O)ccc1OCc1ccc([N+](=O)[O-])cc1. The maximum absolute atomic E-state index is 12.8. The number of benzene rings is 3. The van der Waals surface area contributed by atoms with Gasteiger partial charge in [-0.25, -0.2) is 4.99 Å². The van der Waals surface area contributed by atoms with E-state index in [1.54, 1.807) is 44.5 Å². The van der Waals surface area contributed by atoms with E-state index in [4.69, 9.17) is 9.47 Å². The summed E-state index contributed by atoms with van der Waals surface area (Å²) in [4.78, 5) is 29.8. The van der Waals surface area contributed by atoms with E-state index in [1.807, 2.05) is 37.3 Å². The fourth-order valence-corrected chi connectivity index (χ4v) is 4.29. The number of aliphatic imine (C=N–C) groups is 1. The maximum Gasteiger partial charge on any atom is 0.269 e. The van der Waals surface area contributed by atoms with Gasteiger partial charge in [-0.3, -0.25) is 19.8 Å². The van der Waals surface area contributed by atoms with Crippen LogP contribution in [0.5, 0.6) is 11.5 Å². The summed E-state index contributed by atoms with van der Waals surface area (Å²) in [5.41, 5.74) is 3.54. The summed E-state index contributed by atoms with van der Waals surface area (Å²) in [5.74, 6) is 0.911. The van der Waals surface area contributed by atoms with Crippen LogP contribution in [0.4, 0.5) is 11.4 Å². The molecule has 1 aliphatic rings. The number of nitro groups is 1. The molecule has 1 saturated heterocycles. The molecule has 1 heterocycles. The van der Waals surface area contributed by atoms with Crippen molar-refractivity contribution >= 4 is 40.3 Å². The van der Waals surface area contributed by atoms with Gasteiger partial charge in [0.2, 0.25) is 0 Å². The van der Waals surface area contributed by atoms with Crippen molar-refractivity contribution in [1.29, 1.82) is 0 Å². The molecule has 0 saturated carbocycles. The van der Waals surface area contributed by atoms with E-state index in [2.05, 4.69) is 4.99 Å². The molecule has 3 aromatic rings. The van der Waals surface area contributed by atoms with Crippen molar-refractivity contribution in [2.45, 2.75) is 13.5 Å². The molecule has 0 atom stereocenters. The molecule has 0 aromatic heterocycles. The average Bonchev–Trinajstić information content (AvgIpc) is 3.12. The quantitative estimate of drug-likeness (QED) is 0.239. The standard InChI is InChI=1S/C26H23N3O5S/c1-17-4-9-20(10-5-17)27-26-28(2)25(30)24(35-26)15-19-8-13-22(23(14-19)33-3)34-16-18-6-11-21(12-7-18)29(31)32/h4-15H,16H2,1-3H3/b24-15+,27-26?. The summed E-state index contributed by atoms with van der Waals surface area (Å²) in [6.45, 7) is 2.24. The van der Waals surface area contributed by atoms with E-state index in [9.17, 15) is 14.9 Å². The van der Waals surface area contributed by atoms with Crippen LogP contribution in [-0.4, -0.2) is 35.1 Å². The predicted octanol–water partition coefficient (Wildman–Crippen LogP) is 5.72. The number of methoxy groups -OCH3 is 1. The molecule has 4 rings (SSSR count). The zero-order valence-electron chi connectivity index (χ0n) is 19.4. The van der Waals surface area contributed by atoms with Crippen LogP contribution < -0.4 is 9.47 Å². The molecule has 0 N–H and O–H groups in total. The second-order valence-corrected chi connectivity index (χ2v) is 8.84. The van der Waals surface area contributed by atoms with Gasteiger partial charge in [0.05, 0.1) is 22.6 Å². The third kappa shape index (κ3) is 5.70. The van der Waals surface area contributed by atoms with Gasteiger partial charge in [0.15, 0.2) is 16.7 Å². The van der Waals surface area contributed by atoms with Crippen molar-refractivity contribution in [3.05, 3.63) is 98.4 Å². The van der Waals surface area contributed by atoms with Crippen molar-refractivity contribution in [1.82, 2.24) is 4.90 Å². The number of nitrogens with zero attached hydrogens (tertiary/aromatic N) is 3. The molecule has 0 unspecified atom stereocenters. The molecule has 178 valence electrons. The Morgan fingerprint density at radius 3 is 2.43 bits per heavy atom. The molecular formula is C26H23N3O5S. The summed E-state index contributed by atoms with van der Waals surface area (Å²) < 4.78 is 11.3. The Labute approximate surface area is 207 Å². The van der Waals surface area contributed by atoms with Crippen molar-refractivity contribution in [2.24, 2.45) is 4.99 Å². The van der Waals surface area contributed by atoms with Gasteiger partial charge >= 0.3 is 0 Å². The van der Waals surface area contributed by atoms with Gasteiger partial charge in [-0.2, -0.15) is 0 Å². The predicted molar refractivity (Wildman–Crippen MR) is 137 cm³/mol. The van der Waals surface area contributed by atoms with Crippen molar-refractivity contribution in [3.63, 3.8) is 0 Å². The number of carbonyl (C=O) groups excluding carboxylic acids is 1. The summed E-state index contributed by atoms with van der Waals surface area (Å²) in [7, 11) is 3.25. The van der Waals surface area contributed by atoms with E-state index in [1.165, 1.54) is 28.8 Å². The highest BCUT2D eigenvalue weighted by molar-refractivity contribution is 8.18. The van der Waals surface area contributed by atoms with Crippen LogP contribution in [0.3, 0.4) is 0 Å². The topological polar surface area (TPSA) is 94.3 Å². The Hall–Kier alpha value is -4.11. The van der Waals surface area contributed by atoms with Crippen LogP contribution in [0.1, 0.15) is 16.7 Å². The fourth-order valence-electron chi connectivity index (χ4n) is 3.30. The van der Waals surface area contributed by atoms with Gasteiger partial charge in [-0.1, -0.05) is 23.8 Å². The van der Waals surface area contributed by atoms with E-state index >= 15 is 0 Å². The number of aryl methyl sites for hydroxylation is 1. The van der Waals surface area contributed by atoms with Crippen LogP contribution in [-0.2, 0) is 11.4 Å². The molecule has 0 radical (unpaired) electrons. The first kappa shape index (κ1) is 24.0. The fraction of sp³-hybridized carbons (Fsp3) is 0.154. The first-order chi connectivity index (χ1) is 16.8. The number of nitro benzene ring substituents is 1. The monoisotopic (exact) mass is 489 g/mol. The van der Waals surface area contributed by atoms with E-state index in [0.29, 0.717) is 21.6 Å². The molecule has 8 nitrogen and oxygen atoms in total. The Morgan fingerprint density at radius 1 is 1.06 bits per heavy atom. The van der Waals surface area contributed by atoms with Gasteiger partial charge in [0, 0.05) is 19.2 Å². The van der Waals surface area contributed by atoms with E-state index in [0.717, 1.165) is 22.4 Å². The number of ether oxygens (including phenoxy) is 2. The normalized spacial score (nSPS) is 15.6. The largest absolute Gasteiger partial charge is 0.493 e. The number of hydrogen-bond acceptors (Lipinski definition) is 7. The lowest BCUT2D eigenvalue weighted by Crippen LogP contribution is -2.23. The van der Waals surface area contributed by atoms with E-state index in [-0.39, 0.29) is 18.2 Å². The number of rotatable bonds is 7. The van der Waals surface area contributed by atoms with Crippen molar-refractivity contribution in [2.75, 3.05) is 14.2 Å². The second kappa shape index (κ2) is 10.4. The van der Waals surface area contributed by atoms with Crippen molar-refractivity contribution in [3.8, 4) is 11.5 Å². The highest BCUT2D eigenvalue weighted by Gasteiger charge is 2.30. The number of amidine groups is 1. The van der Waals surface area contributed by atoms with Crippen LogP contribution in [0.2, 0.25) is 0 Å². The van der Waals surface area contributed by atoms with Crippen LogP contribution >= 0.6 is 11.8 Å². The lowest BCUT2D eigenvalue weighted by molar-refractivity contribution is -0.384. The first-order valence-electron chi connectivity index (χ1n) is 10.7. The Morgan fingerprint density at radius 2 is 1.77 bits per heavy atom. The van der Waals surface area contributed by atoms with Gasteiger partial charge in [-0.15, -0.1) is 0 Å². The Kier molecular flexibility index (Phi) is 7.17. The number of non-ortho nitro benzene ring substituents is 1. The van der Waals surface area contributed by atoms with Crippen LogP contribution in [0.25, 0.3) is 6.08 Å².